The van der Waals surface area contributed by atoms with Gasteiger partial charge in [0.25, 0.3) is 0 Å². The van der Waals surface area contributed by atoms with Crippen molar-refractivity contribution in [3.8, 4) is 5.75 Å². The zero-order valence-corrected chi connectivity index (χ0v) is 10.1. The van der Waals surface area contributed by atoms with Gasteiger partial charge in [-0.1, -0.05) is 18.6 Å². The minimum Gasteiger partial charge on any atom is -0.406 e. The second-order valence-corrected chi connectivity index (χ2v) is 4.55. The summed E-state index contributed by atoms with van der Waals surface area (Å²) in [5.74, 6) is 0.133. The quantitative estimate of drug-likeness (QED) is 0.897. The Morgan fingerprint density at radius 1 is 1.28 bits per heavy atom. The summed E-state index contributed by atoms with van der Waals surface area (Å²) in [7, 11) is 1.89. The molecule has 1 N–H and O–H groups in total. The molecule has 5 heteroatoms. The van der Waals surface area contributed by atoms with Gasteiger partial charge in [-0.15, -0.1) is 13.2 Å². The molecule has 1 fully saturated rings. The fraction of sp³-hybridized carbons (Fsp3) is 0.538. The largest absolute Gasteiger partial charge is 0.573 e. The highest BCUT2D eigenvalue weighted by Crippen LogP contribution is 2.36. The van der Waals surface area contributed by atoms with Gasteiger partial charge in [-0.3, -0.25) is 0 Å². The lowest BCUT2D eigenvalue weighted by atomic mass is 9.94. The fourth-order valence-corrected chi connectivity index (χ4v) is 2.65. The van der Waals surface area contributed by atoms with Crippen LogP contribution in [0.3, 0.4) is 0 Å². The third-order valence-electron chi connectivity index (χ3n) is 3.41. The standard InChI is InChI=1S/C13H16F3NO/c1-17-12-7-3-6-11(12)9-4-2-5-10(8-9)18-13(14,15)16/h2,4-5,8,11-12,17H,3,6-7H2,1H3. The molecule has 2 unspecified atom stereocenters. The van der Waals surface area contributed by atoms with Gasteiger partial charge in [-0.05, 0) is 43.5 Å². The molecule has 0 heterocycles. The van der Waals surface area contributed by atoms with Gasteiger partial charge in [0.05, 0.1) is 0 Å². The molecule has 0 amide bonds. The number of alkyl halides is 3. The summed E-state index contributed by atoms with van der Waals surface area (Å²) in [4.78, 5) is 0. The lowest BCUT2D eigenvalue weighted by Gasteiger charge is -2.20. The van der Waals surface area contributed by atoms with Gasteiger partial charge in [0, 0.05) is 6.04 Å². The summed E-state index contributed by atoms with van der Waals surface area (Å²) >= 11 is 0. The number of hydrogen-bond donors (Lipinski definition) is 1. The maximum absolute atomic E-state index is 12.2. The minimum atomic E-state index is -4.63. The predicted molar refractivity (Wildman–Crippen MR) is 62.6 cm³/mol. The van der Waals surface area contributed by atoms with Crippen molar-refractivity contribution in [2.75, 3.05) is 7.05 Å². The maximum Gasteiger partial charge on any atom is 0.573 e. The number of nitrogens with one attached hydrogen (secondary N) is 1. The van der Waals surface area contributed by atoms with Gasteiger partial charge in [0.1, 0.15) is 5.75 Å². The molecule has 1 saturated carbocycles. The maximum atomic E-state index is 12.2. The summed E-state index contributed by atoms with van der Waals surface area (Å²) in [6, 6.07) is 6.64. The molecule has 0 spiro atoms. The Labute approximate surface area is 104 Å². The molecule has 2 atom stereocenters. The summed E-state index contributed by atoms with van der Waals surface area (Å²) in [5, 5.41) is 3.22. The van der Waals surface area contributed by atoms with Crippen LogP contribution in [0.4, 0.5) is 13.2 Å². The van der Waals surface area contributed by atoms with Crippen LogP contribution in [-0.4, -0.2) is 19.5 Å². The average molecular weight is 259 g/mol. The van der Waals surface area contributed by atoms with E-state index in [2.05, 4.69) is 10.1 Å². The van der Waals surface area contributed by atoms with Crippen LogP contribution in [0.5, 0.6) is 5.75 Å². The number of halogens is 3. The van der Waals surface area contributed by atoms with E-state index in [1.165, 1.54) is 12.1 Å². The zero-order chi connectivity index (χ0) is 13.2. The molecule has 2 rings (SSSR count). The van der Waals surface area contributed by atoms with Gasteiger partial charge in [0.15, 0.2) is 0 Å². The lowest BCUT2D eigenvalue weighted by molar-refractivity contribution is -0.274. The van der Waals surface area contributed by atoms with E-state index in [1.54, 1.807) is 6.07 Å². The third-order valence-corrected chi connectivity index (χ3v) is 3.41. The highest BCUT2D eigenvalue weighted by atomic mass is 19.4. The van der Waals surface area contributed by atoms with E-state index in [1.807, 2.05) is 13.1 Å². The molecular formula is C13H16F3NO. The van der Waals surface area contributed by atoms with Gasteiger partial charge in [-0.2, -0.15) is 0 Å². The number of ether oxygens (including phenoxy) is 1. The van der Waals surface area contributed by atoms with Gasteiger partial charge in [-0.25, -0.2) is 0 Å². The van der Waals surface area contributed by atoms with Crippen molar-refractivity contribution in [2.24, 2.45) is 0 Å². The second-order valence-electron chi connectivity index (χ2n) is 4.55. The smallest absolute Gasteiger partial charge is 0.406 e. The highest BCUT2D eigenvalue weighted by Gasteiger charge is 2.32. The van der Waals surface area contributed by atoms with Crippen molar-refractivity contribution >= 4 is 0 Å². The third kappa shape index (κ3) is 3.16. The Morgan fingerprint density at radius 2 is 2.06 bits per heavy atom. The lowest BCUT2D eigenvalue weighted by Crippen LogP contribution is -2.27. The molecule has 0 saturated heterocycles. The normalized spacial score (nSPS) is 24.2. The Kier molecular flexibility index (Phi) is 3.80. The van der Waals surface area contributed by atoms with Crippen LogP contribution in [-0.2, 0) is 0 Å². The van der Waals surface area contributed by atoms with E-state index in [0.29, 0.717) is 6.04 Å². The summed E-state index contributed by atoms with van der Waals surface area (Å²) in [6.07, 6.45) is -1.47. The van der Waals surface area contributed by atoms with E-state index in [9.17, 15) is 13.2 Å². The first kappa shape index (κ1) is 13.2. The van der Waals surface area contributed by atoms with Crippen LogP contribution in [0.1, 0.15) is 30.7 Å². The van der Waals surface area contributed by atoms with Gasteiger partial charge >= 0.3 is 6.36 Å². The second kappa shape index (κ2) is 5.18. The molecule has 1 aromatic rings. The SMILES string of the molecule is CNC1CCCC1c1cccc(OC(F)(F)F)c1. The van der Waals surface area contributed by atoms with E-state index in [0.717, 1.165) is 24.8 Å². The average Bonchev–Trinajstić information content (AvgIpc) is 2.75. The summed E-state index contributed by atoms with van der Waals surface area (Å²) in [6.45, 7) is 0. The topological polar surface area (TPSA) is 21.3 Å². The molecule has 0 aliphatic heterocycles. The first-order chi connectivity index (χ1) is 8.49. The molecule has 0 bridgehead atoms. The Hall–Kier alpha value is -1.23. The van der Waals surface area contributed by atoms with Crippen LogP contribution in [0.15, 0.2) is 24.3 Å². The molecule has 1 aromatic carbocycles. The van der Waals surface area contributed by atoms with Crippen LogP contribution >= 0.6 is 0 Å². The van der Waals surface area contributed by atoms with Crippen molar-refractivity contribution in [3.63, 3.8) is 0 Å². The minimum absolute atomic E-state index is 0.137. The van der Waals surface area contributed by atoms with Crippen molar-refractivity contribution < 1.29 is 17.9 Å². The van der Waals surface area contributed by atoms with E-state index >= 15 is 0 Å². The van der Waals surface area contributed by atoms with E-state index in [-0.39, 0.29) is 11.7 Å². The monoisotopic (exact) mass is 259 g/mol. The molecule has 0 aromatic heterocycles. The van der Waals surface area contributed by atoms with Crippen molar-refractivity contribution in [2.45, 2.75) is 37.6 Å². The number of rotatable bonds is 3. The molecule has 0 radical (unpaired) electrons. The molecule has 2 nitrogen and oxygen atoms in total. The van der Waals surface area contributed by atoms with Crippen molar-refractivity contribution in [1.82, 2.24) is 5.32 Å². The fourth-order valence-electron chi connectivity index (χ4n) is 2.65. The highest BCUT2D eigenvalue weighted by molar-refractivity contribution is 5.32. The first-order valence-electron chi connectivity index (χ1n) is 6.02. The molecular weight excluding hydrogens is 243 g/mol. The Morgan fingerprint density at radius 3 is 2.72 bits per heavy atom. The Bertz CT molecular complexity index is 405. The van der Waals surface area contributed by atoms with E-state index in [4.69, 9.17) is 0 Å². The van der Waals surface area contributed by atoms with Crippen molar-refractivity contribution in [3.05, 3.63) is 29.8 Å². The van der Waals surface area contributed by atoms with E-state index < -0.39 is 6.36 Å². The van der Waals surface area contributed by atoms with Gasteiger partial charge < -0.3 is 10.1 Å². The number of hydrogen-bond acceptors (Lipinski definition) is 2. The predicted octanol–water partition coefficient (Wildman–Crippen LogP) is 3.44. The number of benzene rings is 1. The molecule has 1 aliphatic carbocycles. The molecule has 18 heavy (non-hydrogen) atoms. The summed E-state index contributed by atoms with van der Waals surface area (Å²) < 4.78 is 40.4. The molecule has 1 aliphatic rings. The number of likely N-dealkylation sites (N-methyl/N-ethyl adjacent to an activating group) is 1. The van der Waals surface area contributed by atoms with Crippen LogP contribution in [0.2, 0.25) is 0 Å². The first-order valence-corrected chi connectivity index (χ1v) is 6.02. The van der Waals surface area contributed by atoms with Crippen LogP contribution in [0, 0.1) is 0 Å². The Balaban J connectivity index is 2.16. The molecule has 100 valence electrons. The van der Waals surface area contributed by atoms with Crippen LogP contribution in [0.25, 0.3) is 0 Å². The van der Waals surface area contributed by atoms with Crippen LogP contribution < -0.4 is 10.1 Å². The zero-order valence-electron chi connectivity index (χ0n) is 10.1. The summed E-state index contributed by atoms with van der Waals surface area (Å²) in [5.41, 5.74) is 0.911. The van der Waals surface area contributed by atoms with Crippen molar-refractivity contribution in [1.29, 1.82) is 0 Å². The van der Waals surface area contributed by atoms with Gasteiger partial charge in [0.2, 0.25) is 0 Å².